The van der Waals surface area contributed by atoms with Gasteiger partial charge in [-0.05, 0) is 43.7 Å². The second kappa shape index (κ2) is 5.59. The molecule has 0 spiro atoms. The summed E-state index contributed by atoms with van der Waals surface area (Å²) in [6.07, 6.45) is 3.49. The normalized spacial score (nSPS) is 26.4. The van der Waals surface area contributed by atoms with Crippen LogP contribution in [0.2, 0.25) is 0 Å². The number of rotatable bonds is 4. The molecule has 0 aliphatic heterocycles. The number of hydrogen-bond donors (Lipinski definition) is 2. The minimum atomic E-state index is -0.923. The minimum Gasteiger partial charge on any atom is -0.478 e. The molecule has 1 saturated carbocycles. The van der Waals surface area contributed by atoms with Gasteiger partial charge in [0.25, 0.3) is 0 Å². The van der Waals surface area contributed by atoms with E-state index in [0.717, 1.165) is 18.0 Å². The molecule has 3 unspecified atom stereocenters. The number of hydrogen-bond acceptors (Lipinski definition) is 3. The van der Waals surface area contributed by atoms with Crippen molar-refractivity contribution < 1.29 is 9.90 Å². The van der Waals surface area contributed by atoms with Gasteiger partial charge in [-0.2, -0.15) is 0 Å². The van der Waals surface area contributed by atoms with Crippen molar-refractivity contribution in [2.24, 2.45) is 11.8 Å². The van der Waals surface area contributed by atoms with Gasteiger partial charge in [-0.1, -0.05) is 20.3 Å². The van der Waals surface area contributed by atoms with Crippen molar-refractivity contribution >= 4 is 11.8 Å². The zero-order valence-electron chi connectivity index (χ0n) is 11.8. The average molecular weight is 262 g/mol. The molecule has 1 aromatic heterocycles. The number of aromatic carboxylic acids is 1. The molecule has 104 valence electrons. The second-order valence-electron chi connectivity index (χ2n) is 5.51. The van der Waals surface area contributed by atoms with Crippen LogP contribution in [0.4, 0.5) is 5.82 Å². The number of carbonyl (C=O) groups is 1. The highest BCUT2D eigenvalue weighted by Crippen LogP contribution is 2.35. The van der Waals surface area contributed by atoms with E-state index < -0.39 is 5.97 Å². The summed E-state index contributed by atoms with van der Waals surface area (Å²) in [5.41, 5.74) is 1.10. The fraction of sp³-hybridized carbons (Fsp3) is 0.600. The Morgan fingerprint density at radius 3 is 2.79 bits per heavy atom. The van der Waals surface area contributed by atoms with Gasteiger partial charge in [0.15, 0.2) is 0 Å². The summed E-state index contributed by atoms with van der Waals surface area (Å²) >= 11 is 0. The molecule has 1 aliphatic carbocycles. The Labute approximate surface area is 114 Å². The largest absolute Gasteiger partial charge is 0.478 e. The van der Waals surface area contributed by atoms with Gasteiger partial charge in [-0.3, -0.25) is 0 Å². The predicted octanol–water partition coefficient (Wildman–Crippen LogP) is 3.32. The Morgan fingerprint density at radius 1 is 1.47 bits per heavy atom. The van der Waals surface area contributed by atoms with Crippen LogP contribution in [0.3, 0.4) is 0 Å². The molecular formula is C15H22N2O2. The van der Waals surface area contributed by atoms with E-state index in [9.17, 15) is 9.90 Å². The molecule has 1 heterocycles. The van der Waals surface area contributed by atoms with E-state index >= 15 is 0 Å². The van der Waals surface area contributed by atoms with E-state index in [-0.39, 0.29) is 5.56 Å². The summed E-state index contributed by atoms with van der Waals surface area (Å²) in [5.74, 6) is 0.887. The first-order valence-electron chi connectivity index (χ1n) is 7.00. The average Bonchev–Trinajstić information content (AvgIpc) is 2.70. The third-order valence-electron chi connectivity index (χ3n) is 4.34. The second-order valence-corrected chi connectivity index (χ2v) is 5.51. The Hall–Kier alpha value is -1.58. The maximum Gasteiger partial charge on any atom is 0.339 e. The number of aromatic nitrogens is 1. The van der Waals surface area contributed by atoms with Gasteiger partial charge in [-0.25, -0.2) is 9.78 Å². The lowest BCUT2D eigenvalue weighted by molar-refractivity contribution is 0.0697. The molecule has 1 fully saturated rings. The molecule has 2 rings (SSSR count). The highest BCUT2D eigenvalue weighted by Gasteiger charge is 2.32. The Morgan fingerprint density at radius 2 is 2.21 bits per heavy atom. The van der Waals surface area contributed by atoms with Crippen molar-refractivity contribution in [3.8, 4) is 0 Å². The van der Waals surface area contributed by atoms with Crippen molar-refractivity contribution in [2.75, 3.05) is 5.32 Å². The first-order valence-corrected chi connectivity index (χ1v) is 7.00. The van der Waals surface area contributed by atoms with E-state index in [1.807, 2.05) is 6.92 Å². The maximum atomic E-state index is 11.2. The molecular weight excluding hydrogens is 240 g/mol. The molecule has 4 heteroatoms. The van der Waals surface area contributed by atoms with Crippen molar-refractivity contribution in [3.05, 3.63) is 23.4 Å². The van der Waals surface area contributed by atoms with Gasteiger partial charge in [0.1, 0.15) is 11.4 Å². The molecule has 0 saturated heterocycles. The predicted molar refractivity (Wildman–Crippen MR) is 75.5 cm³/mol. The third kappa shape index (κ3) is 2.88. The number of nitrogens with zero attached hydrogens (tertiary/aromatic N) is 1. The van der Waals surface area contributed by atoms with Crippen molar-refractivity contribution in [1.29, 1.82) is 0 Å². The third-order valence-corrected chi connectivity index (χ3v) is 4.34. The van der Waals surface area contributed by atoms with Crippen molar-refractivity contribution in [3.63, 3.8) is 0 Å². The van der Waals surface area contributed by atoms with Crippen LogP contribution >= 0.6 is 0 Å². The van der Waals surface area contributed by atoms with E-state index in [0.29, 0.717) is 17.8 Å². The van der Waals surface area contributed by atoms with E-state index in [1.54, 1.807) is 12.1 Å². The monoisotopic (exact) mass is 262 g/mol. The van der Waals surface area contributed by atoms with Crippen LogP contribution in [0, 0.1) is 18.8 Å². The summed E-state index contributed by atoms with van der Waals surface area (Å²) in [7, 11) is 0. The van der Waals surface area contributed by atoms with Gasteiger partial charge in [0.2, 0.25) is 0 Å². The van der Waals surface area contributed by atoms with Gasteiger partial charge >= 0.3 is 5.97 Å². The standard InChI is InChI=1S/C15H22N2O2/c1-4-11-6-8-13(10(11)3)17-14-12(15(18)19)7-5-9(2)16-14/h5,7,10-11,13H,4,6,8H2,1-3H3,(H,16,17)(H,18,19). The number of carboxylic acid groups (broad SMARTS) is 1. The van der Waals surface area contributed by atoms with Crippen LogP contribution < -0.4 is 5.32 Å². The molecule has 1 aliphatic rings. The fourth-order valence-corrected chi connectivity index (χ4v) is 3.04. The molecule has 19 heavy (non-hydrogen) atoms. The van der Waals surface area contributed by atoms with Gasteiger partial charge < -0.3 is 10.4 Å². The SMILES string of the molecule is CCC1CCC(Nc2nc(C)ccc2C(=O)O)C1C. The zero-order chi connectivity index (χ0) is 14.0. The van der Waals surface area contributed by atoms with Gasteiger partial charge in [0, 0.05) is 11.7 Å². The Balaban J connectivity index is 2.19. The summed E-state index contributed by atoms with van der Waals surface area (Å²) < 4.78 is 0. The number of carboxylic acids is 1. The van der Waals surface area contributed by atoms with Gasteiger partial charge in [0.05, 0.1) is 0 Å². The molecule has 0 amide bonds. The lowest BCUT2D eigenvalue weighted by Crippen LogP contribution is -2.26. The van der Waals surface area contributed by atoms with Crippen LogP contribution in [0.15, 0.2) is 12.1 Å². The van der Waals surface area contributed by atoms with E-state index in [1.165, 1.54) is 12.8 Å². The van der Waals surface area contributed by atoms with Crippen molar-refractivity contribution in [1.82, 2.24) is 4.98 Å². The summed E-state index contributed by atoms with van der Waals surface area (Å²) in [6.45, 7) is 6.34. The van der Waals surface area contributed by atoms with Gasteiger partial charge in [-0.15, -0.1) is 0 Å². The molecule has 4 nitrogen and oxygen atoms in total. The van der Waals surface area contributed by atoms with Crippen LogP contribution in [0.5, 0.6) is 0 Å². The summed E-state index contributed by atoms with van der Waals surface area (Å²) in [6, 6.07) is 3.70. The lowest BCUT2D eigenvalue weighted by Gasteiger charge is -2.22. The highest BCUT2D eigenvalue weighted by molar-refractivity contribution is 5.93. The molecule has 1 aromatic rings. The minimum absolute atomic E-state index is 0.262. The van der Waals surface area contributed by atoms with E-state index in [2.05, 4.69) is 24.1 Å². The van der Waals surface area contributed by atoms with Crippen LogP contribution in [-0.4, -0.2) is 22.1 Å². The first kappa shape index (κ1) is 13.8. The number of pyridine rings is 1. The lowest BCUT2D eigenvalue weighted by atomic mass is 9.93. The number of aryl methyl sites for hydroxylation is 1. The summed E-state index contributed by atoms with van der Waals surface area (Å²) in [4.78, 5) is 15.6. The topological polar surface area (TPSA) is 62.2 Å². The smallest absolute Gasteiger partial charge is 0.339 e. The zero-order valence-corrected chi connectivity index (χ0v) is 11.8. The molecule has 3 atom stereocenters. The Kier molecular flexibility index (Phi) is 4.08. The first-order chi connectivity index (χ1) is 9.02. The van der Waals surface area contributed by atoms with Crippen LogP contribution in [0.1, 0.15) is 49.2 Å². The molecule has 2 N–H and O–H groups in total. The van der Waals surface area contributed by atoms with Crippen molar-refractivity contribution in [2.45, 2.75) is 46.1 Å². The number of nitrogens with one attached hydrogen (secondary N) is 1. The number of anilines is 1. The fourth-order valence-electron chi connectivity index (χ4n) is 3.04. The molecule has 0 radical (unpaired) electrons. The van der Waals surface area contributed by atoms with E-state index in [4.69, 9.17) is 0 Å². The maximum absolute atomic E-state index is 11.2. The van der Waals surface area contributed by atoms with Crippen LogP contribution in [-0.2, 0) is 0 Å². The highest BCUT2D eigenvalue weighted by atomic mass is 16.4. The summed E-state index contributed by atoms with van der Waals surface area (Å²) in [5, 5.41) is 12.6. The van der Waals surface area contributed by atoms with Crippen LogP contribution in [0.25, 0.3) is 0 Å². The quantitative estimate of drug-likeness (QED) is 0.873. The molecule has 0 aromatic carbocycles. The molecule has 0 bridgehead atoms. The Bertz CT molecular complexity index is 473.